The van der Waals surface area contributed by atoms with Gasteiger partial charge in [-0.1, -0.05) is 6.42 Å². The van der Waals surface area contributed by atoms with E-state index < -0.39 is 20.0 Å². The van der Waals surface area contributed by atoms with Crippen LogP contribution in [0.2, 0.25) is 0 Å². The largest absolute Gasteiger partial charge is 0.326 e. The number of anilines is 1. The number of carbonyl (C=O) groups is 1. The minimum absolute atomic E-state index is 0.0319. The third kappa shape index (κ3) is 5.30. The highest BCUT2D eigenvalue weighted by Gasteiger charge is 2.35. The number of benzene rings is 1. The van der Waals surface area contributed by atoms with Crippen molar-refractivity contribution < 1.29 is 21.6 Å². The molecule has 1 aromatic carbocycles. The fourth-order valence-electron chi connectivity index (χ4n) is 4.53. The van der Waals surface area contributed by atoms with Crippen LogP contribution in [0.5, 0.6) is 0 Å². The van der Waals surface area contributed by atoms with Gasteiger partial charge in [0, 0.05) is 36.8 Å². The average molecular weight is 472 g/mol. The summed E-state index contributed by atoms with van der Waals surface area (Å²) in [4.78, 5) is 12.8. The second-order valence-electron chi connectivity index (χ2n) is 8.55. The fourth-order valence-corrected chi connectivity index (χ4v) is 7.54. The highest BCUT2D eigenvalue weighted by molar-refractivity contribution is 7.89. The Morgan fingerprint density at radius 1 is 0.968 bits per heavy atom. The van der Waals surface area contributed by atoms with Gasteiger partial charge in [0.15, 0.2) is 0 Å². The van der Waals surface area contributed by atoms with Gasteiger partial charge in [0.05, 0.1) is 10.6 Å². The molecule has 0 aromatic heterocycles. The highest BCUT2D eigenvalue weighted by atomic mass is 32.2. The topological polar surface area (TPSA) is 104 Å². The monoisotopic (exact) mass is 471 g/mol. The first-order chi connectivity index (χ1) is 14.6. The molecule has 1 N–H and O–H groups in total. The fraction of sp³-hybridized carbons (Fsp3) is 0.667. The molecule has 0 bridgehead atoms. The second kappa shape index (κ2) is 9.56. The predicted octanol–water partition coefficient (Wildman–Crippen LogP) is 2.64. The van der Waals surface area contributed by atoms with Crippen LogP contribution in [0.15, 0.2) is 29.2 Å². The molecule has 0 spiro atoms. The molecule has 174 valence electrons. The Bertz CT molecular complexity index is 974. The van der Waals surface area contributed by atoms with Crippen molar-refractivity contribution in [2.24, 2.45) is 5.92 Å². The molecular weight excluding hydrogens is 438 g/mol. The van der Waals surface area contributed by atoms with Crippen molar-refractivity contribution in [2.45, 2.75) is 69.9 Å². The average Bonchev–Trinajstić information content (AvgIpc) is 2.74. The van der Waals surface area contributed by atoms with Gasteiger partial charge in [0.25, 0.3) is 0 Å². The molecule has 1 amide bonds. The lowest BCUT2D eigenvalue weighted by Crippen LogP contribution is -2.47. The van der Waals surface area contributed by atoms with Crippen molar-refractivity contribution in [2.75, 3.05) is 24.2 Å². The first kappa shape index (κ1) is 24.2. The summed E-state index contributed by atoms with van der Waals surface area (Å²) in [6.45, 7) is 6.19. The number of hydrogen-bond acceptors (Lipinski definition) is 5. The number of rotatable bonds is 6. The molecule has 2 heterocycles. The van der Waals surface area contributed by atoms with Crippen LogP contribution < -0.4 is 5.32 Å². The number of piperidine rings is 2. The van der Waals surface area contributed by atoms with E-state index in [1.807, 2.05) is 13.8 Å². The lowest BCUT2D eigenvalue weighted by Gasteiger charge is -2.37. The van der Waals surface area contributed by atoms with E-state index in [9.17, 15) is 21.6 Å². The summed E-state index contributed by atoms with van der Waals surface area (Å²) in [5.74, 6) is -0.363. The molecule has 8 nitrogen and oxygen atoms in total. The third-order valence-corrected chi connectivity index (χ3v) is 10.4. The molecule has 0 radical (unpaired) electrons. The lowest BCUT2D eigenvalue weighted by atomic mass is 9.97. The summed E-state index contributed by atoms with van der Waals surface area (Å²) in [5, 5.41) is 2.84. The number of nitrogens with one attached hydrogen (secondary N) is 1. The molecule has 2 aliphatic rings. The summed E-state index contributed by atoms with van der Waals surface area (Å²) in [6, 6.07) is 6.23. The zero-order valence-corrected chi connectivity index (χ0v) is 20.1. The van der Waals surface area contributed by atoms with Gasteiger partial charge < -0.3 is 5.32 Å². The summed E-state index contributed by atoms with van der Waals surface area (Å²) in [5.41, 5.74) is 0.535. The molecule has 2 fully saturated rings. The maximum atomic E-state index is 13.1. The van der Waals surface area contributed by atoms with Crippen molar-refractivity contribution in [1.82, 2.24) is 8.61 Å². The molecule has 31 heavy (non-hydrogen) atoms. The van der Waals surface area contributed by atoms with Crippen molar-refractivity contribution in [3.63, 3.8) is 0 Å². The Balaban J connectivity index is 1.63. The first-order valence-corrected chi connectivity index (χ1v) is 14.0. The normalized spacial score (nSPS) is 24.7. The molecule has 3 rings (SSSR count). The van der Waals surface area contributed by atoms with E-state index in [0.717, 1.165) is 19.3 Å². The molecule has 1 aromatic rings. The van der Waals surface area contributed by atoms with Crippen molar-refractivity contribution in [3.8, 4) is 0 Å². The van der Waals surface area contributed by atoms with Gasteiger partial charge in [-0.2, -0.15) is 4.31 Å². The van der Waals surface area contributed by atoms with Crippen molar-refractivity contribution >= 4 is 31.6 Å². The summed E-state index contributed by atoms with van der Waals surface area (Å²) < 4.78 is 53.2. The van der Waals surface area contributed by atoms with Crippen LogP contribution in [-0.2, 0) is 24.8 Å². The maximum absolute atomic E-state index is 13.1. The van der Waals surface area contributed by atoms with E-state index in [1.54, 1.807) is 23.4 Å². The predicted molar refractivity (Wildman–Crippen MR) is 121 cm³/mol. The van der Waals surface area contributed by atoms with Gasteiger partial charge in [-0.3, -0.25) is 4.79 Å². The molecule has 0 saturated carbocycles. The van der Waals surface area contributed by atoms with Gasteiger partial charge in [0.1, 0.15) is 0 Å². The molecule has 2 aliphatic heterocycles. The molecule has 0 unspecified atom stereocenters. The zero-order valence-electron chi connectivity index (χ0n) is 18.5. The number of amides is 1. The Labute approximate surface area is 186 Å². The van der Waals surface area contributed by atoms with Gasteiger partial charge in [-0.15, -0.1) is 0 Å². The van der Waals surface area contributed by atoms with E-state index in [0.29, 0.717) is 31.6 Å². The molecule has 2 saturated heterocycles. The Hall–Kier alpha value is -1.49. The van der Waals surface area contributed by atoms with E-state index in [2.05, 4.69) is 5.32 Å². The molecule has 2 atom stereocenters. The highest BCUT2D eigenvalue weighted by Crippen LogP contribution is 2.30. The SMILES string of the molecule is CCS(=O)(=O)N1CCC(C(=O)Nc2ccc(S(=O)(=O)N3[C@@H](C)CCC[C@@H]3C)cc2)CC1. The molecular formula is C21H33N3O5S2. The van der Waals surface area contributed by atoms with Crippen LogP contribution in [0.3, 0.4) is 0 Å². The minimum atomic E-state index is -3.59. The van der Waals surface area contributed by atoms with Crippen molar-refractivity contribution in [1.29, 1.82) is 0 Å². The second-order valence-corrected chi connectivity index (χ2v) is 12.7. The number of carbonyl (C=O) groups excluding carboxylic acids is 1. The van der Waals surface area contributed by atoms with E-state index in [4.69, 9.17) is 0 Å². The maximum Gasteiger partial charge on any atom is 0.243 e. The van der Waals surface area contributed by atoms with E-state index >= 15 is 0 Å². The zero-order chi connectivity index (χ0) is 22.8. The quantitative estimate of drug-likeness (QED) is 0.687. The van der Waals surface area contributed by atoms with Crippen LogP contribution >= 0.6 is 0 Å². The van der Waals surface area contributed by atoms with Crippen LogP contribution in [0.1, 0.15) is 52.9 Å². The van der Waals surface area contributed by atoms with Crippen LogP contribution in [0.25, 0.3) is 0 Å². The number of hydrogen-bond donors (Lipinski definition) is 1. The van der Waals surface area contributed by atoms with E-state index in [1.165, 1.54) is 16.4 Å². The van der Waals surface area contributed by atoms with Gasteiger partial charge in [-0.05, 0) is 70.7 Å². The number of sulfonamides is 2. The summed E-state index contributed by atoms with van der Waals surface area (Å²) >= 11 is 0. The minimum Gasteiger partial charge on any atom is -0.326 e. The van der Waals surface area contributed by atoms with Crippen molar-refractivity contribution in [3.05, 3.63) is 24.3 Å². The van der Waals surface area contributed by atoms with Gasteiger partial charge in [-0.25, -0.2) is 21.1 Å². The van der Waals surface area contributed by atoms with Gasteiger partial charge >= 0.3 is 0 Å². The Morgan fingerprint density at radius 3 is 2.03 bits per heavy atom. The standard InChI is InChI=1S/C21H33N3O5S2/c1-4-30(26,27)23-14-12-18(13-15-23)21(25)22-19-8-10-20(11-9-19)31(28,29)24-16(2)6-5-7-17(24)3/h8-11,16-18H,4-7,12-15H2,1-3H3,(H,22,25)/t16-,17-/m0/s1. The Kier molecular flexibility index (Phi) is 7.45. The first-order valence-electron chi connectivity index (χ1n) is 11.0. The summed E-state index contributed by atoms with van der Waals surface area (Å²) in [7, 11) is -6.82. The smallest absolute Gasteiger partial charge is 0.243 e. The van der Waals surface area contributed by atoms with Gasteiger partial charge in [0.2, 0.25) is 26.0 Å². The Morgan fingerprint density at radius 2 is 1.52 bits per heavy atom. The van der Waals surface area contributed by atoms with E-state index in [-0.39, 0.29) is 34.6 Å². The lowest BCUT2D eigenvalue weighted by molar-refractivity contribution is -0.120. The third-order valence-electron chi connectivity index (χ3n) is 6.39. The molecule has 0 aliphatic carbocycles. The van der Waals surface area contributed by atoms with Crippen LogP contribution in [0.4, 0.5) is 5.69 Å². The summed E-state index contributed by atoms with van der Waals surface area (Å²) in [6.07, 6.45) is 3.69. The number of nitrogens with zero attached hydrogens (tertiary/aromatic N) is 2. The van der Waals surface area contributed by atoms with Crippen LogP contribution in [0, 0.1) is 5.92 Å². The molecule has 10 heteroatoms. The van der Waals surface area contributed by atoms with Crippen LogP contribution in [-0.4, -0.2) is 62.3 Å².